The van der Waals surface area contributed by atoms with Crippen molar-refractivity contribution < 1.29 is 9.90 Å². The van der Waals surface area contributed by atoms with Gasteiger partial charge in [0.15, 0.2) is 0 Å². The number of hydrogen-bond donors (Lipinski definition) is 3. The maximum atomic E-state index is 10.7. The zero-order chi connectivity index (χ0) is 13.7. The summed E-state index contributed by atoms with van der Waals surface area (Å²) in [5.41, 5.74) is 7.36. The van der Waals surface area contributed by atoms with Crippen LogP contribution in [0.1, 0.15) is 19.4 Å². The Bertz CT molecular complexity index is 490. The van der Waals surface area contributed by atoms with Crippen molar-refractivity contribution in [1.82, 2.24) is 0 Å². The van der Waals surface area contributed by atoms with Crippen molar-refractivity contribution >= 4 is 23.2 Å². The van der Waals surface area contributed by atoms with E-state index in [0.29, 0.717) is 16.9 Å². The van der Waals surface area contributed by atoms with Crippen LogP contribution in [0.4, 0.5) is 21.9 Å². The topological polar surface area (TPSA) is 102 Å². The molecule has 4 N–H and O–H groups in total. The molecule has 0 aliphatic heterocycles. The number of carbonyl (C=O) groups is 1. The summed E-state index contributed by atoms with van der Waals surface area (Å²) in [6, 6.07) is 5.15. The molecule has 0 unspecified atom stereocenters. The highest BCUT2D eigenvalue weighted by molar-refractivity contribution is 5.90. The van der Waals surface area contributed by atoms with Crippen LogP contribution in [-0.4, -0.2) is 24.3 Å². The smallest absolute Gasteiger partial charge is 0.409 e. The number of carboxylic acid groups (broad SMARTS) is 1. The molecule has 1 aromatic rings. The van der Waals surface area contributed by atoms with E-state index in [1.54, 1.807) is 6.07 Å². The highest BCUT2D eigenvalue weighted by Crippen LogP contribution is 2.29. The van der Waals surface area contributed by atoms with Gasteiger partial charge in [-0.2, -0.15) is 5.26 Å². The van der Waals surface area contributed by atoms with Gasteiger partial charge in [-0.15, -0.1) is 0 Å². The van der Waals surface area contributed by atoms with Crippen LogP contribution in [-0.2, 0) is 0 Å². The summed E-state index contributed by atoms with van der Waals surface area (Å²) in [4.78, 5) is 12.6. The Morgan fingerprint density at radius 1 is 1.50 bits per heavy atom. The van der Waals surface area contributed by atoms with Crippen LogP contribution in [0, 0.1) is 11.3 Å². The van der Waals surface area contributed by atoms with Gasteiger partial charge < -0.3 is 15.7 Å². The molecule has 0 radical (unpaired) electrons. The molecular formula is C12H16N4O2. The first kappa shape index (κ1) is 13.6. The monoisotopic (exact) mass is 248 g/mol. The molecule has 0 heterocycles. The highest BCUT2D eigenvalue weighted by Gasteiger charge is 2.13. The average molecular weight is 248 g/mol. The summed E-state index contributed by atoms with van der Waals surface area (Å²) >= 11 is 0. The van der Waals surface area contributed by atoms with Gasteiger partial charge in [-0.05, 0) is 26.0 Å². The first-order valence-electron chi connectivity index (χ1n) is 5.61. The third-order valence-corrected chi connectivity index (χ3v) is 2.63. The molecule has 0 aliphatic carbocycles. The summed E-state index contributed by atoms with van der Waals surface area (Å²) in [6.45, 7) is 5.37. The van der Waals surface area contributed by atoms with Crippen molar-refractivity contribution in [3.05, 3.63) is 17.7 Å². The van der Waals surface area contributed by atoms with Crippen LogP contribution in [0.3, 0.4) is 0 Å². The van der Waals surface area contributed by atoms with E-state index < -0.39 is 6.09 Å². The molecule has 0 aromatic heterocycles. The minimum Gasteiger partial charge on any atom is -0.465 e. The van der Waals surface area contributed by atoms with E-state index in [1.165, 1.54) is 6.07 Å². The van der Waals surface area contributed by atoms with E-state index in [9.17, 15) is 4.79 Å². The summed E-state index contributed by atoms with van der Waals surface area (Å²) in [7, 11) is 0. The molecule has 6 heteroatoms. The first-order valence-corrected chi connectivity index (χ1v) is 5.61. The van der Waals surface area contributed by atoms with Crippen molar-refractivity contribution in [3.63, 3.8) is 0 Å². The van der Waals surface area contributed by atoms with Gasteiger partial charge in [0.05, 0.1) is 22.6 Å². The number of benzene rings is 1. The molecule has 0 spiro atoms. The zero-order valence-electron chi connectivity index (χ0n) is 10.4. The number of nitrogens with two attached hydrogens (primary N) is 1. The Balaban J connectivity index is 3.30. The molecule has 96 valence electrons. The molecule has 6 nitrogen and oxygen atoms in total. The van der Waals surface area contributed by atoms with E-state index in [1.807, 2.05) is 18.7 Å². The van der Waals surface area contributed by atoms with Gasteiger partial charge in [0, 0.05) is 13.1 Å². The second kappa shape index (κ2) is 5.77. The Morgan fingerprint density at radius 3 is 2.56 bits per heavy atom. The summed E-state index contributed by atoms with van der Waals surface area (Å²) < 4.78 is 0. The van der Waals surface area contributed by atoms with Crippen LogP contribution in [0.15, 0.2) is 12.1 Å². The fourth-order valence-corrected chi connectivity index (χ4v) is 1.74. The van der Waals surface area contributed by atoms with E-state index in [-0.39, 0.29) is 5.69 Å². The van der Waals surface area contributed by atoms with Crippen molar-refractivity contribution in [2.24, 2.45) is 0 Å². The van der Waals surface area contributed by atoms with Crippen molar-refractivity contribution in [2.75, 3.05) is 29.0 Å². The fourth-order valence-electron chi connectivity index (χ4n) is 1.74. The van der Waals surface area contributed by atoms with Crippen LogP contribution >= 0.6 is 0 Å². The van der Waals surface area contributed by atoms with E-state index in [2.05, 4.69) is 11.4 Å². The number of hydrogen-bond acceptors (Lipinski definition) is 4. The molecule has 0 atom stereocenters. The van der Waals surface area contributed by atoms with Gasteiger partial charge in [-0.3, -0.25) is 5.32 Å². The second-order valence-electron chi connectivity index (χ2n) is 3.67. The van der Waals surface area contributed by atoms with Gasteiger partial charge >= 0.3 is 6.09 Å². The number of nitrogen functional groups attached to an aromatic ring is 1. The van der Waals surface area contributed by atoms with Gasteiger partial charge in [0.1, 0.15) is 6.07 Å². The molecule has 0 bridgehead atoms. The lowest BCUT2D eigenvalue weighted by Gasteiger charge is -2.23. The highest BCUT2D eigenvalue weighted by atomic mass is 16.4. The third kappa shape index (κ3) is 2.83. The predicted octanol–water partition coefficient (Wildman–Crippen LogP) is 2.08. The number of rotatable bonds is 4. The Kier molecular flexibility index (Phi) is 4.38. The number of nitriles is 1. The Morgan fingerprint density at radius 2 is 2.11 bits per heavy atom. The Labute approximate surface area is 106 Å². The Hall–Kier alpha value is -2.42. The van der Waals surface area contributed by atoms with E-state index >= 15 is 0 Å². The quantitative estimate of drug-likeness (QED) is 0.708. The lowest BCUT2D eigenvalue weighted by atomic mass is 10.1. The van der Waals surface area contributed by atoms with Crippen molar-refractivity contribution in [2.45, 2.75) is 13.8 Å². The van der Waals surface area contributed by atoms with E-state index in [4.69, 9.17) is 16.1 Å². The maximum absolute atomic E-state index is 10.7. The van der Waals surface area contributed by atoms with Crippen LogP contribution in [0.25, 0.3) is 0 Å². The molecule has 18 heavy (non-hydrogen) atoms. The molecule has 1 aromatic carbocycles. The lowest BCUT2D eigenvalue weighted by molar-refractivity contribution is 0.210. The largest absolute Gasteiger partial charge is 0.465 e. The van der Waals surface area contributed by atoms with E-state index in [0.717, 1.165) is 13.1 Å². The number of nitrogens with zero attached hydrogens (tertiary/aromatic N) is 2. The van der Waals surface area contributed by atoms with Crippen LogP contribution in [0.5, 0.6) is 0 Å². The molecular weight excluding hydrogens is 232 g/mol. The molecule has 0 aliphatic rings. The van der Waals surface area contributed by atoms with Gasteiger partial charge in [-0.1, -0.05) is 0 Å². The normalized spacial score (nSPS) is 9.61. The maximum Gasteiger partial charge on any atom is 0.409 e. The molecule has 1 amide bonds. The van der Waals surface area contributed by atoms with Crippen molar-refractivity contribution in [3.8, 4) is 6.07 Å². The van der Waals surface area contributed by atoms with Crippen molar-refractivity contribution in [1.29, 1.82) is 5.26 Å². The average Bonchev–Trinajstić information content (AvgIpc) is 2.33. The zero-order valence-corrected chi connectivity index (χ0v) is 10.4. The summed E-state index contributed by atoms with van der Waals surface area (Å²) in [5, 5.41) is 20.0. The number of anilines is 3. The van der Waals surface area contributed by atoms with Gasteiger partial charge in [0.25, 0.3) is 0 Å². The summed E-state index contributed by atoms with van der Waals surface area (Å²) in [5.74, 6) is 0. The standard InChI is InChI=1S/C12H16N4O2/c1-3-16(4-2)11-6-10(15-12(17)18)9(14)5-8(11)7-13/h5-6,15H,3-4,14H2,1-2H3,(H,17,18). The second-order valence-corrected chi connectivity index (χ2v) is 3.67. The summed E-state index contributed by atoms with van der Waals surface area (Å²) in [6.07, 6.45) is -1.18. The lowest BCUT2D eigenvalue weighted by Crippen LogP contribution is -2.23. The van der Waals surface area contributed by atoms with Gasteiger partial charge in [-0.25, -0.2) is 4.79 Å². The fraction of sp³-hybridized carbons (Fsp3) is 0.333. The SMILES string of the molecule is CCN(CC)c1cc(NC(=O)O)c(N)cc1C#N. The molecule has 0 saturated carbocycles. The molecule has 0 saturated heterocycles. The molecule has 1 rings (SSSR count). The number of amides is 1. The predicted molar refractivity (Wildman–Crippen MR) is 70.8 cm³/mol. The first-order chi connectivity index (χ1) is 8.53. The third-order valence-electron chi connectivity index (χ3n) is 2.63. The number of nitrogens with one attached hydrogen (secondary N) is 1. The minimum absolute atomic E-state index is 0.241. The van der Waals surface area contributed by atoms with Crippen LogP contribution in [0.2, 0.25) is 0 Å². The minimum atomic E-state index is -1.18. The van der Waals surface area contributed by atoms with Crippen LogP contribution < -0.4 is 16.0 Å². The molecule has 0 fully saturated rings. The van der Waals surface area contributed by atoms with Gasteiger partial charge in [0.2, 0.25) is 0 Å².